The Balaban J connectivity index is 2.03. The Labute approximate surface area is 69.1 Å². The highest BCUT2D eigenvalue weighted by molar-refractivity contribution is 5.05. The molecule has 0 spiro atoms. The van der Waals surface area contributed by atoms with Crippen LogP contribution in [-0.4, -0.2) is 13.7 Å². The molecule has 2 fully saturated rings. The quantitative estimate of drug-likeness (QED) is 0.593. The van der Waals surface area contributed by atoms with Crippen LogP contribution in [0.5, 0.6) is 0 Å². The van der Waals surface area contributed by atoms with Gasteiger partial charge in [0.1, 0.15) is 0 Å². The number of hydrogen-bond donors (Lipinski definition) is 0. The summed E-state index contributed by atoms with van der Waals surface area (Å²) in [6.45, 7) is 5.74. The standard InChI is InChI=1S/C10H18O/c1-7-9-4-8(9)5-10(7,2)6-11-3/h7-9H,4-6H2,1-3H3. The maximum atomic E-state index is 5.27. The van der Waals surface area contributed by atoms with Gasteiger partial charge >= 0.3 is 0 Å². The first-order valence-electron chi connectivity index (χ1n) is 4.66. The lowest BCUT2D eigenvalue weighted by Crippen LogP contribution is -2.27. The van der Waals surface area contributed by atoms with Crippen LogP contribution in [0.2, 0.25) is 0 Å². The summed E-state index contributed by atoms with van der Waals surface area (Å²) in [7, 11) is 1.82. The van der Waals surface area contributed by atoms with Crippen molar-refractivity contribution in [2.75, 3.05) is 13.7 Å². The second-order valence-corrected chi connectivity index (χ2v) is 4.74. The van der Waals surface area contributed by atoms with E-state index in [0.29, 0.717) is 5.41 Å². The van der Waals surface area contributed by atoms with E-state index in [1.54, 1.807) is 0 Å². The smallest absolute Gasteiger partial charge is 0.0518 e. The molecule has 11 heavy (non-hydrogen) atoms. The molecule has 2 aliphatic carbocycles. The third-order valence-corrected chi connectivity index (χ3v) is 3.92. The number of ether oxygens (including phenoxy) is 1. The van der Waals surface area contributed by atoms with Gasteiger partial charge in [0.15, 0.2) is 0 Å². The lowest BCUT2D eigenvalue weighted by Gasteiger charge is -2.30. The van der Waals surface area contributed by atoms with Gasteiger partial charge in [0, 0.05) is 7.11 Å². The molecule has 0 amide bonds. The Bertz CT molecular complexity index is 166. The van der Waals surface area contributed by atoms with Crippen LogP contribution in [0.3, 0.4) is 0 Å². The van der Waals surface area contributed by atoms with Crippen molar-refractivity contribution in [2.45, 2.75) is 26.7 Å². The Morgan fingerprint density at radius 1 is 1.55 bits per heavy atom. The monoisotopic (exact) mass is 154 g/mol. The van der Waals surface area contributed by atoms with Crippen LogP contribution in [-0.2, 0) is 4.74 Å². The molecule has 0 heterocycles. The predicted molar refractivity (Wildman–Crippen MR) is 45.4 cm³/mol. The van der Waals surface area contributed by atoms with Crippen LogP contribution in [0.25, 0.3) is 0 Å². The molecule has 0 radical (unpaired) electrons. The van der Waals surface area contributed by atoms with Crippen molar-refractivity contribution < 1.29 is 4.74 Å². The second-order valence-electron chi connectivity index (χ2n) is 4.74. The van der Waals surface area contributed by atoms with Crippen LogP contribution >= 0.6 is 0 Å². The first-order chi connectivity index (χ1) is 5.17. The van der Waals surface area contributed by atoms with Crippen molar-refractivity contribution in [1.82, 2.24) is 0 Å². The molecule has 0 aromatic heterocycles. The van der Waals surface area contributed by atoms with E-state index >= 15 is 0 Å². The maximum absolute atomic E-state index is 5.27. The fourth-order valence-corrected chi connectivity index (χ4v) is 2.94. The topological polar surface area (TPSA) is 9.23 Å². The van der Waals surface area contributed by atoms with Crippen molar-refractivity contribution in [3.05, 3.63) is 0 Å². The van der Waals surface area contributed by atoms with Gasteiger partial charge in [0.2, 0.25) is 0 Å². The fourth-order valence-electron chi connectivity index (χ4n) is 2.94. The number of rotatable bonds is 2. The molecule has 2 aliphatic rings. The molecule has 4 unspecified atom stereocenters. The summed E-state index contributed by atoms with van der Waals surface area (Å²) in [6.07, 6.45) is 2.91. The average Bonchev–Trinajstić information content (AvgIpc) is 2.61. The molecule has 4 atom stereocenters. The first kappa shape index (κ1) is 7.60. The zero-order valence-corrected chi connectivity index (χ0v) is 7.76. The molecule has 0 bridgehead atoms. The summed E-state index contributed by atoms with van der Waals surface area (Å²) in [5.74, 6) is 3.01. The Morgan fingerprint density at radius 2 is 2.27 bits per heavy atom. The van der Waals surface area contributed by atoms with Gasteiger partial charge < -0.3 is 4.74 Å². The van der Waals surface area contributed by atoms with Crippen LogP contribution in [0, 0.1) is 23.2 Å². The van der Waals surface area contributed by atoms with Crippen LogP contribution in [0.1, 0.15) is 26.7 Å². The fraction of sp³-hybridized carbons (Fsp3) is 1.00. The molecule has 0 saturated heterocycles. The van der Waals surface area contributed by atoms with Gasteiger partial charge in [-0.05, 0) is 36.0 Å². The molecule has 64 valence electrons. The van der Waals surface area contributed by atoms with E-state index in [1.165, 1.54) is 12.8 Å². The van der Waals surface area contributed by atoms with E-state index < -0.39 is 0 Å². The minimum Gasteiger partial charge on any atom is -0.384 e. The largest absolute Gasteiger partial charge is 0.384 e. The van der Waals surface area contributed by atoms with Crippen LogP contribution in [0.15, 0.2) is 0 Å². The Hall–Kier alpha value is -0.0400. The lowest BCUT2D eigenvalue weighted by atomic mass is 9.78. The third-order valence-electron chi connectivity index (χ3n) is 3.92. The first-order valence-corrected chi connectivity index (χ1v) is 4.66. The van der Waals surface area contributed by atoms with Gasteiger partial charge in [0.25, 0.3) is 0 Å². The normalized spacial score (nSPS) is 54.3. The minimum absolute atomic E-state index is 0.502. The molecule has 2 rings (SSSR count). The zero-order valence-electron chi connectivity index (χ0n) is 7.76. The third kappa shape index (κ3) is 1.01. The van der Waals surface area contributed by atoms with Gasteiger partial charge in [0.05, 0.1) is 6.61 Å². The van der Waals surface area contributed by atoms with E-state index in [2.05, 4.69) is 13.8 Å². The summed E-state index contributed by atoms with van der Waals surface area (Å²) in [5, 5.41) is 0. The van der Waals surface area contributed by atoms with Crippen molar-refractivity contribution in [1.29, 1.82) is 0 Å². The maximum Gasteiger partial charge on any atom is 0.0518 e. The molecule has 0 N–H and O–H groups in total. The molecule has 0 aromatic carbocycles. The van der Waals surface area contributed by atoms with Crippen molar-refractivity contribution in [3.8, 4) is 0 Å². The molecule has 2 saturated carbocycles. The SMILES string of the molecule is COCC1(C)CC2CC2C1C. The zero-order chi connectivity index (χ0) is 8.06. The highest BCUT2D eigenvalue weighted by Gasteiger charge is 2.56. The number of hydrogen-bond acceptors (Lipinski definition) is 1. The summed E-state index contributed by atoms with van der Waals surface area (Å²) in [5.41, 5.74) is 0.502. The summed E-state index contributed by atoms with van der Waals surface area (Å²) < 4.78 is 5.27. The number of fused-ring (bicyclic) bond motifs is 1. The average molecular weight is 154 g/mol. The van der Waals surface area contributed by atoms with E-state index in [9.17, 15) is 0 Å². The number of methoxy groups -OCH3 is 1. The summed E-state index contributed by atoms with van der Waals surface area (Å²) in [6, 6.07) is 0. The molecular formula is C10H18O. The lowest BCUT2D eigenvalue weighted by molar-refractivity contribution is 0.0558. The van der Waals surface area contributed by atoms with Crippen LogP contribution in [0.4, 0.5) is 0 Å². The molecular weight excluding hydrogens is 136 g/mol. The van der Waals surface area contributed by atoms with E-state index in [4.69, 9.17) is 4.74 Å². The summed E-state index contributed by atoms with van der Waals surface area (Å²) in [4.78, 5) is 0. The van der Waals surface area contributed by atoms with Crippen molar-refractivity contribution in [3.63, 3.8) is 0 Å². The van der Waals surface area contributed by atoms with Gasteiger partial charge in [-0.25, -0.2) is 0 Å². The second kappa shape index (κ2) is 2.22. The van der Waals surface area contributed by atoms with Gasteiger partial charge in [-0.15, -0.1) is 0 Å². The van der Waals surface area contributed by atoms with Crippen molar-refractivity contribution >= 4 is 0 Å². The van der Waals surface area contributed by atoms with E-state index in [-0.39, 0.29) is 0 Å². The van der Waals surface area contributed by atoms with Crippen LogP contribution < -0.4 is 0 Å². The minimum atomic E-state index is 0.502. The summed E-state index contributed by atoms with van der Waals surface area (Å²) >= 11 is 0. The molecule has 1 nitrogen and oxygen atoms in total. The van der Waals surface area contributed by atoms with E-state index in [0.717, 1.165) is 24.4 Å². The van der Waals surface area contributed by atoms with Crippen molar-refractivity contribution in [2.24, 2.45) is 23.2 Å². The predicted octanol–water partition coefficient (Wildman–Crippen LogP) is 2.32. The van der Waals surface area contributed by atoms with Gasteiger partial charge in [-0.3, -0.25) is 0 Å². The molecule has 0 aliphatic heterocycles. The van der Waals surface area contributed by atoms with E-state index in [1.807, 2.05) is 7.11 Å². The highest BCUT2D eigenvalue weighted by atomic mass is 16.5. The Kier molecular flexibility index (Phi) is 1.54. The molecule has 0 aromatic rings. The Morgan fingerprint density at radius 3 is 2.73 bits per heavy atom. The highest BCUT2D eigenvalue weighted by Crippen LogP contribution is 2.63. The van der Waals surface area contributed by atoms with Gasteiger partial charge in [-0.2, -0.15) is 0 Å². The molecule has 1 heteroatoms. The van der Waals surface area contributed by atoms with Gasteiger partial charge in [-0.1, -0.05) is 13.8 Å².